The van der Waals surface area contributed by atoms with Crippen LogP contribution < -0.4 is 18.9 Å². The molecule has 0 atom stereocenters. The van der Waals surface area contributed by atoms with Crippen LogP contribution >= 0.6 is 0 Å². The molecule has 0 aliphatic rings. The Hall–Kier alpha value is -3.66. The highest BCUT2D eigenvalue weighted by molar-refractivity contribution is 7.92. The second kappa shape index (κ2) is 9.90. The molecular formula is C21H22N4O5S. The zero-order chi connectivity index (χ0) is 22.3. The van der Waals surface area contributed by atoms with E-state index >= 15 is 0 Å². The Balaban J connectivity index is 1.72. The summed E-state index contributed by atoms with van der Waals surface area (Å²) in [7, 11) is -1.09. The number of aliphatic imine (C=N–C) groups is 1. The Kier molecular flexibility index (Phi) is 7.03. The molecule has 0 aliphatic carbocycles. The second-order valence-corrected chi connectivity index (χ2v) is 7.82. The first-order chi connectivity index (χ1) is 14.9. The van der Waals surface area contributed by atoms with Crippen molar-refractivity contribution in [3.8, 4) is 17.6 Å². The van der Waals surface area contributed by atoms with Crippen molar-refractivity contribution in [2.75, 3.05) is 25.5 Å². The third kappa shape index (κ3) is 5.92. The van der Waals surface area contributed by atoms with Gasteiger partial charge in [0.1, 0.15) is 5.75 Å². The molecule has 10 heteroatoms. The van der Waals surface area contributed by atoms with Crippen LogP contribution in [0, 0.1) is 0 Å². The molecule has 0 amide bonds. The van der Waals surface area contributed by atoms with E-state index in [-0.39, 0.29) is 22.6 Å². The van der Waals surface area contributed by atoms with E-state index in [0.717, 1.165) is 11.3 Å². The monoisotopic (exact) mass is 442 g/mol. The van der Waals surface area contributed by atoms with Gasteiger partial charge in [-0.15, -0.1) is 0 Å². The summed E-state index contributed by atoms with van der Waals surface area (Å²) in [5, 5.41) is 0. The average molecular weight is 442 g/mol. The lowest BCUT2D eigenvalue weighted by molar-refractivity contribution is 0.340. The summed E-state index contributed by atoms with van der Waals surface area (Å²) in [5.74, 6) is 0.991. The van der Waals surface area contributed by atoms with Crippen LogP contribution in [0.15, 0.2) is 64.5 Å². The molecule has 3 aromatic rings. The normalized spacial score (nSPS) is 11.3. The lowest BCUT2D eigenvalue weighted by Crippen LogP contribution is -2.14. The highest BCUT2D eigenvalue weighted by Gasteiger charge is 2.16. The van der Waals surface area contributed by atoms with Crippen molar-refractivity contribution in [2.45, 2.75) is 11.8 Å². The average Bonchev–Trinajstić information content (AvgIpc) is 2.78. The molecule has 1 N–H and O–H groups in total. The molecule has 3 rings (SSSR count). The van der Waals surface area contributed by atoms with E-state index in [1.54, 1.807) is 18.3 Å². The van der Waals surface area contributed by atoms with Crippen molar-refractivity contribution in [2.24, 2.45) is 4.99 Å². The van der Waals surface area contributed by atoms with Gasteiger partial charge in [0.15, 0.2) is 5.82 Å². The van der Waals surface area contributed by atoms with Gasteiger partial charge in [-0.1, -0.05) is 0 Å². The standard InChI is InChI=1S/C21H22N4O5S/c1-4-30-17-9-5-15(6-10-17)14-22-16-7-11-18(12-8-16)31(26,27)25-19-13-20(28-2)24-21(23-19)29-3/h5-14H,4H2,1-3H3,(H,23,24,25). The summed E-state index contributed by atoms with van der Waals surface area (Å²) in [4.78, 5) is 12.3. The van der Waals surface area contributed by atoms with Gasteiger partial charge in [-0.25, -0.2) is 8.42 Å². The SMILES string of the molecule is CCOc1ccc(C=Nc2ccc(S(=O)(=O)Nc3cc(OC)nc(OC)n3)cc2)cc1. The Morgan fingerprint density at radius 1 is 1.00 bits per heavy atom. The van der Waals surface area contributed by atoms with E-state index in [9.17, 15) is 8.42 Å². The van der Waals surface area contributed by atoms with Crippen LogP contribution in [0.25, 0.3) is 0 Å². The fourth-order valence-electron chi connectivity index (χ4n) is 2.53. The molecule has 0 saturated heterocycles. The number of ether oxygens (including phenoxy) is 3. The van der Waals surface area contributed by atoms with Crippen molar-refractivity contribution in [3.05, 3.63) is 60.2 Å². The van der Waals surface area contributed by atoms with E-state index < -0.39 is 10.0 Å². The lowest BCUT2D eigenvalue weighted by atomic mass is 10.2. The number of aromatic nitrogens is 2. The number of sulfonamides is 1. The van der Waals surface area contributed by atoms with Gasteiger partial charge in [0, 0.05) is 12.3 Å². The number of rotatable bonds is 9. The van der Waals surface area contributed by atoms with E-state index in [1.165, 1.54) is 32.4 Å². The van der Waals surface area contributed by atoms with Crippen molar-refractivity contribution < 1.29 is 22.6 Å². The summed E-state index contributed by atoms with van der Waals surface area (Å²) in [6.07, 6.45) is 1.69. The first kappa shape index (κ1) is 22.0. The fourth-order valence-corrected chi connectivity index (χ4v) is 3.52. The highest BCUT2D eigenvalue weighted by Crippen LogP contribution is 2.22. The summed E-state index contributed by atoms with van der Waals surface area (Å²) < 4.78 is 43.1. The molecule has 0 radical (unpaired) electrons. The fraction of sp³-hybridized carbons (Fsp3) is 0.190. The molecule has 31 heavy (non-hydrogen) atoms. The summed E-state index contributed by atoms with van der Waals surface area (Å²) in [6, 6.07) is 15.0. The van der Waals surface area contributed by atoms with Crippen LogP contribution in [0.3, 0.4) is 0 Å². The Morgan fingerprint density at radius 3 is 2.32 bits per heavy atom. The van der Waals surface area contributed by atoms with E-state index in [1.807, 2.05) is 31.2 Å². The zero-order valence-corrected chi connectivity index (χ0v) is 18.1. The Labute approximate surface area is 180 Å². The number of hydrogen-bond donors (Lipinski definition) is 1. The molecule has 0 bridgehead atoms. The first-order valence-electron chi connectivity index (χ1n) is 9.30. The smallest absolute Gasteiger partial charge is 0.321 e. The van der Waals surface area contributed by atoms with Crippen LogP contribution in [0.1, 0.15) is 12.5 Å². The number of hydrogen-bond acceptors (Lipinski definition) is 8. The largest absolute Gasteiger partial charge is 0.494 e. The van der Waals surface area contributed by atoms with Crippen molar-refractivity contribution in [1.29, 1.82) is 0 Å². The van der Waals surface area contributed by atoms with Crippen molar-refractivity contribution in [1.82, 2.24) is 9.97 Å². The molecule has 0 fully saturated rings. The van der Waals surface area contributed by atoms with Crippen LogP contribution in [0.5, 0.6) is 17.6 Å². The van der Waals surface area contributed by atoms with Gasteiger partial charge in [-0.3, -0.25) is 9.71 Å². The maximum atomic E-state index is 12.7. The number of nitrogens with zero attached hydrogens (tertiary/aromatic N) is 3. The van der Waals surface area contributed by atoms with Gasteiger partial charge in [0.05, 0.1) is 31.4 Å². The molecular weight excluding hydrogens is 420 g/mol. The van der Waals surface area contributed by atoms with Crippen LogP contribution in [0.2, 0.25) is 0 Å². The Bertz CT molecular complexity index is 1130. The number of benzene rings is 2. The van der Waals surface area contributed by atoms with Crippen LogP contribution in [0.4, 0.5) is 11.5 Å². The highest BCUT2D eigenvalue weighted by atomic mass is 32.2. The van der Waals surface area contributed by atoms with E-state index in [2.05, 4.69) is 19.7 Å². The predicted molar refractivity (Wildman–Crippen MR) is 117 cm³/mol. The Morgan fingerprint density at radius 2 is 1.71 bits per heavy atom. The van der Waals surface area contributed by atoms with Gasteiger partial charge in [-0.2, -0.15) is 9.97 Å². The van der Waals surface area contributed by atoms with Crippen molar-refractivity contribution >= 4 is 27.7 Å². The molecule has 162 valence electrons. The molecule has 0 saturated carbocycles. The number of nitrogens with one attached hydrogen (secondary N) is 1. The topological polar surface area (TPSA) is 112 Å². The molecule has 2 aromatic carbocycles. The van der Waals surface area contributed by atoms with Gasteiger partial charge in [0.25, 0.3) is 10.0 Å². The second-order valence-electron chi connectivity index (χ2n) is 6.14. The van der Waals surface area contributed by atoms with Gasteiger partial charge in [0.2, 0.25) is 5.88 Å². The van der Waals surface area contributed by atoms with Gasteiger partial charge in [-0.05, 0) is 61.0 Å². The summed E-state index contributed by atoms with van der Waals surface area (Å²) in [5.41, 5.74) is 1.51. The van der Waals surface area contributed by atoms with E-state index in [0.29, 0.717) is 12.3 Å². The van der Waals surface area contributed by atoms with Crippen LogP contribution in [-0.2, 0) is 10.0 Å². The first-order valence-corrected chi connectivity index (χ1v) is 10.8. The number of anilines is 1. The molecule has 0 aliphatic heterocycles. The number of methoxy groups -OCH3 is 2. The minimum Gasteiger partial charge on any atom is -0.494 e. The molecule has 9 nitrogen and oxygen atoms in total. The van der Waals surface area contributed by atoms with Gasteiger partial charge >= 0.3 is 6.01 Å². The molecule has 0 unspecified atom stereocenters. The molecule has 0 spiro atoms. The minimum absolute atomic E-state index is 0.0176. The zero-order valence-electron chi connectivity index (χ0n) is 17.3. The minimum atomic E-state index is -3.87. The lowest BCUT2D eigenvalue weighted by Gasteiger charge is -2.09. The van der Waals surface area contributed by atoms with Crippen molar-refractivity contribution in [3.63, 3.8) is 0 Å². The predicted octanol–water partition coefficient (Wildman–Crippen LogP) is 3.44. The van der Waals surface area contributed by atoms with Crippen LogP contribution in [-0.4, -0.2) is 45.4 Å². The molecule has 1 aromatic heterocycles. The molecule has 1 heterocycles. The maximum absolute atomic E-state index is 12.7. The summed E-state index contributed by atoms with van der Waals surface area (Å²) in [6.45, 7) is 2.53. The quantitative estimate of drug-likeness (QED) is 0.505. The van der Waals surface area contributed by atoms with Gasteiger partial charge < -0.3 is 14.2 Å². The maximum Gasteiger partial charge on any atom is 0.321 e. The van der Waals surface area contributed by atoms with E-state index in [4.69, 9.17) is 14.2 Å². The third-order valence-electron chi connectivity index (χ3n) is 4.01. The third-order valence-corrected chi connectivity index (χ3v) is 5.38. The summed E-state index contributed by atoms with van der Waals surface area (Å²) >= 11 is 0.